The molecule has 2 N–H and O–H groups in total. The van der Waals surface area contributed by atoms with Crippen LogP contribution in [0.25, 0.3) is 0 Å². The normalized spacial score (nSPS) is 10.7. The number of nitrogens with one attached hydrogen (secondary N) is 2. The van der Waals surface area contributed by atoms with Crippen LogP contribution in [0.4, 0.5) is 0 Å². The number of hydrogen-bond acceptors (Lipinski definition) is 3. The van der Waals surface area contributed by atoms with E-state index >= 15 is 0 Å². The molecule has 0 atom stereocenters. The van der Waals surface area contributed by atoms with Gasteiger partial charge in [0.25, 0.3) is 0 Å². The number of halogens is 1. The molecule has 80 valence electrons. The van der Waals surface area contributed by atoms with Crippen molar-refractivity contribution < 1.29 is 0 Å². The molecule has 1 aromatic rings. The van der Waals surface area contributed by atoms with E-state index in [1.807, 2.05) is 0 Å². The lowest BCUT2D eigenvalue weighted by Crippen LogP contribution is -2.21. The maximum absolute atomic E-state index is 3.46. The third-order valence-electron chi connectivity index (χ3n) is 1.89. The van der Waals surface area contributed by atoms with Gasteiger partial charge < -0.3 is 10.6 Å². The van der Waals surface area contributed by atoms with Crippen molar-refractivity contribution in [1.29, 1.82) is 0 Å². The monoisotopic (exact) mass is 276 g/mol. The van der Waals surface area contributed by atoms with Gasteiger partial charge in [0, 0.05) is 11.4 Å². The largest absolute Gasteiger partial charge is 0.317 e. The van der Waals surface area contributed by atoms with Gasteiger partial charge in [-0.2, -0.15) is 0 Å². The van der Waals surface area contributed by atoms with E-state index in [-0.39, 0.29) is 0 Å². The quantitative estimate of drug-likeness (QED) is 0.749. The van der Waals surface area contributed by atoms with Crippen LogP contribution in [0.2, 0.25) is 0 Å². The lowest BCUT2D eigenvalue weighted by Gasteiger charge is -2.03. The molecule has 0 aliphatic rings. The first-order chi connectivity index (χ1) is 6.83. The van der Waals surface area contributed by atoms with E-state index in [0.717, 1.165) is 26.2 Å². The van der Waals surface area contributed by atoms with Gasteiger partial charge in [0.05, 0.1) is 3.79 Å². The van der Waals surface area contributed by atoms with Crippen LogP contribution in [0.3, 0.4) is 0 Å². The van der Waals surface area contributed by atoms with Gasteiger partial charge in [0.2, 0.25) is 0 Å². The SMILES string of the molecule is CCNCCCNCc1ccc(Br)s1. The van der Waals surface area contributed by atoms with E-state index in [2.05, 4.69) is 45.6 Å². The van der Waals surface area contributed by atoms with E-state index in [1.54, 1.807) is 11.3 Å². The summed E-state index contributed by atoms with van der Waals surface area (Å²) in [5, 5.41) is 6.73. The third kappa shape index (κ3) is 5.10. The van der Waals surface area contributed by atoms with Gasteiger partial charge in [-0.1, -0.05) is 6.92 Å². The van der Waals surface area contributed by atoms with E-state index < -0.39 is 0 Å². The van der Waals surface area contributed by atoms with Crippen LogP contribution < -0.4 is 10.6 Å². The van der Waals surface area contributed by atoms with Crippen LogP contribution in [0.1, 0.15) is 18.2 Å². The molecular formula is C10H17BrN2S. The second-order valence-electron chi connectivity index (χ2n) is 3.09. The van der Waals surface area contributed by atoms with Crippen LogP contribution in [-0.4, -0.2) is 19.6 Å². The molecule has 0 saturated carbocycles. The minimum Gasteiger partial charge on any atom is -0.317 e. The predicted octanol–water partition coefficient (Wildman–Crippen LogP) is 2.60. The third-order valence-corrected chi connectivity index (χ3v) is 3.51. The number of rotatable bonds is 7. The van der Waals surface area contributed by atoms with Crippen molar-refractivity contribution in [1.82, 2.24) is 10.6 Å². The predicted molar refractivity (Wildman–Crippen MR) is 66.9 cm³/mol. The Bertz CT molecular complexity index is 250. The van der Waals surface area contributed by atoms with Gasteiger partial charge in [-0.15, -0.1) is 11.3 Å². The van der Waals surface area contributed by atoms with Crippen LogP contribution in [0.15, 0.2) is 15.9 Å². The first kappa shape index (κ1) is 12.2. The minimum absolute atomic E-state index is 0.988. The molecule has 0 aliphatic carbocycles. The molecule has 0 saturated heterocycles. The van der Waals surface area contributed by atoms with Gasteiger partial charge in [-0.05, 0) is 54.1 Å². The molecule has 0 unspecified atom stereocenters. The van der Waals surface area contributed by atoms with Gasteiger partial charge >= 0.3 is 0 Å². The molecule has 1 aromatic heterocycles. The van der Waals surface area contributed by atoms with Crippen molar-refractivity contribution >= 4 is 27.3 Å². The van der Waals surface area contributed by atoms with Crippen molar-refractivity contribution in [3.63, 3.8) is 0 Å². The molecule has 0 radical (unpaired) electrons. The Hall–Kier alpha value is 0.1000. The maximum Gasteiger partial charge on any atom is 0.0701 e. The molecule has 0 amide bonds. The molecule has 0 spiro atoms. The average molecular weight is 277 g/mol. The Kier molecular flexibility index (Phi) is 6.43. The summed E-state index contributed by atoms with van der Waals surface area (Å²) in [6, 6.07) is 4.26. The first-order valence-electron chi connectivity index (χ1n) is 4.98. The summed E-state index contributed by atoms with van der Waals surface area (Å²) < 4.78 is 1.21. The second kappa shape index (κ2) is 7.40. The topological polar surface area (TPSA) is 24.1 Å². The second-order valence-corrected chi connectivity index (χ2v) is 5.64. The van der Waals surface area contributed by atoms with Crippen molar-refractivity contribution in [3.05, 3.63) is 20.8 Å². The lowest BCUT2D eigenvalue weighted by molar-refractivity contribution is 0.609. The standard InChI is InChI=1S/C10H17BrN2S/c1-2-12-6-3-7-13-8-9-4-5-10(11)14-9/h4-5,12-13H,2-3,6-8H2,1H3. The molecule has 0 aliphatic heterocycles. The molecule has 4 heteroatoms. The van der Waals surface area contributed by atoms with Crippen molar-refractivity contribution in [2.24, 2.45) is 0 Å². The van der Waals surface area contributed by atoms with Crippen LogP contribution in [0.5, 0.6) is 0 Å². The fourth-order valence-electron chi connectivity index (χ4n) is 1.17. The Balaban J connectivity index is 1.99. The molecule has 1 heterocycles. The fourth-order valence-corrected chi connectivity index (χ4v) is 2.63. The van der Waals surface area contributed by atoms with E-state index in [1.165, 1.54) is 15.1 Å². The first-order valence-corrected chi connectivity index (χ1v) is 6.59. The average Bonchev–Trinajstić information content (AvgIpc) is 2.58. The molecule has 14 heavy (non-hydrogen) atoms. The van der Waals surface area contributed by atoms with Gasteiger partial charge in [0.15, 0.2) is 0 Å². The Morgan fingerprint density at radius 3 is 2.71 bits per heavy atom. The van der Waals surface area contributed by atoms with Crippen LogP contribution in [-0.2, 0) is 6.54 Å². The lowest BCUT2D eigenvalue weighted by atomic mass is 10.4. The summed E-state index contributed by atoms with van der Waals surface area (Å²) in [5.74, 6) is 0. The van der Waals surface area contributed by atoms with Crippen molar-refractivity contribution in [2.45, 2.75) is 19.9 Å². The zero-order valence-corrected chi connectivity index (χ0v) is 10.9. The molecule has 0 bridgehead atoms. The van der Waals surface area contributed by atoms with Crippen molar-refractivity contribution in [3.8, 4) is 0 Å². The van der Waals surface area contributed by atoms with Crippen LogP contribution >= 0.6 is 27.3 Å². The van der Waals surface area contributed by atoms with Gasteiger partial charge in [-0.3, -0.25) is 0 Å². The number of thiophene rings is 1. The smallest absolute Gasteiger partial charge is 0.0701 e. The molecule has 2 nitrogen and oxygen atoms in total. The molecule has 0 fully saturated rings. The molecule has 1 rings (SSSR count). The molecular weight excluding hydrogens is 260 g/mol. The van der Waals surface area contributed by atoms with E-state index in [0.29, 0.717) is 0 Å². The summed E-state index contributed by atoms with van der Waals surface area (Å²) in [6.45, 7) is 6.39. The molecule has 0 aromatic carbocycles. The van der Waals surface area contributed by atoms with Gasteiger partial charge in [0.1, 0.15) is 0 Å². The number of hydrogen-bond donors (Lipinski definition) is 2. The van der Waals surface area contributed by atoms with Gasteiger partial charge in [-0.25, -0.2) is 0 Å². The van der Waals surface area contributed by atoms with E-state index in [4.69, 9.17) is 0 Å². The summed E-state index contributed by atoms with van der Waals surface area (Å²) in [5.41, 5.74) is 0. The highest BCUT2D eigenvalue weighted by molar-refractivity contribution is 9.11. The summed E-state index contributed by atoms with van der Waals surface area (Å²) in [7, 11) is 0. The summed E-state index contributed by atoms with van der Waals surface area (Å²) in [6.07, 6.45) is 1.19. The summed E-state index contributed by atoms with van der Waals surface area (Å²) in [4.78, 5) is 1.39. The minimum atomic E-state index is 0.988. The highest BCUT2D eigenvalue weighted by Gasteiger charge is 1.96. The van der Waals surface area contributed by atoms with Crippen LogP contribution in [0, 0.1) is 0 Å². The highest BCUT2D eigenvalue weighted by atomic mass is 79.9. The Morgan fingerprint density at radius 1 is 1.29 bits per heavy atom. The fraction of sp³-hybridized carbons (Fsp3) is 0.600. The van der Waals surface area contributed by atoms with Crippen molar-refractivity contribution in [2.75, 3.05) is 19.6 Å². The van der Waals surface area contributed by atoms with E-state index in [9.17, 15) is 0 Å². The zero-order chi connectivity index (χ0) is 10.2. The summed E-state index contributed by atoms with van der Waals surface area (Å²) >= 11 is 5.25. The Morgan fingerprint density at radius 2 is 2.07 bits per heavy atom. The zero-order valence-electron chi connectivity index (χ0n) is 8.48. The maximum atomic E-state index is 3.46. The Labute approximate surface area is 98.2 Å². The highest BCUT2D eigenvalue weighted by Crippen LogP contribution is 2.21.